The fourth-order valence-electron chi connectivity index (χ4n) is 3.89. The zero-order valence-corrected chi connectivity index (χ0v) is 17.0. The van der Waals surface area contributed by atoms with Crippen LogP contribution in [-0.4, -0.2) is 46.1 Å². The highest BCUT2D eigenvalue weighted by Crippen LogP contribution is 2.42. The molecule has 0 saturated carbocycles. The SMILES string of the molecule is CC(C)(C)OC(=O)N1C[C@H]2C[C@@H](C#N)CN2c2cc(-c3cccc(F)c3O)nnc21. The van der Waals surface area contributed by atoms with Crippen LogP contribution in [0, 0.1) is 23.1 Å². The standard InChI is InChI=1S/C21H22FN5O3/c1-21(2,3)30-20(29)27-11-13-7-12(9-23)10-26(13)17-8-16(24-25-19(17)27)14-5-4-6-15(22)18(14)28/h4-6,8,12-13,28H,7,10-11H2,1-3H3/t12-,13+/m0/s1. The fraction of sp³-hybridized carbons (Fsp3) is 0.429. The van der Waals surface area contributed by atoms with Gasteiger partial charge in [0.05, 0.1) is 29.9 Å². The van der Waals surface area contributed by atoms with Crippen molar-refractivity contribution < 1.29 is 19.0 Å². The number of hydrogen-bond donors (Lipinski definition) is 1. The number of carbonyl (C=O) groups is 1. The first-order chi connectivity index (χ1) is 14.2. The fourth-order valence-corrected chi connectivity index (χ4v) is 3.89. The summed E-state index contributed by atoms with van der Waals surface area (Å²) in [5, 5.41) is 27.9. The highest BCUT2D eigenvalue weighted by atomic mass is 19.1. The Morgan fingerprint density at radius 2 is 2.10 bits per heavy atom. The number of nitriles is 1. The number of aromatic hydroxyl groups is 1. The van der Waals surface area contributed by atoms with Crippen LogP contribution in [0.5, 0.6) is 5.75 Å². The third kappa shape index (κ3) is 3.49. The highest BCUT2D eigenvalue weighted by Gasteiger charge is 2.42. The van der Waals surface area contributed by atoms with E-state index in [-0.39, 0.29) is 23.2 Å². The number of amides is 1. The topological polar surface area (TPSA) is 103 Å². The van der Waals surface area contributed by atoms with Crippen LogP contribution in [0.4, 0.5) is 20.7 Å². The average molecular weight is 411 g/mol. The summed E-state index contributed by atoms with van der Waals surface area (Å²) in [7, 11) is 0. The van der Waals surface area contributed by atoms with E-state index in [1.54, 1.807) is 32.9 Å². The van der Waals surface area contributed by atoms with Crippen LogP contribution in [0.1, 0.15) is 27.2 Å². The molecule has 2 aliphatic heterocycles. The Kier molecular flexibility index (Phi) is 4.73. The van der Waals surface area contributed by atoms with Gasteiger partial charge in [0.1, 0.15) is 5.60 Å². The normalized spacial score (nSPS) is 20.4. The third-order valence-electron chi connectivity index (χ3n) is 5.19. The molecule has 0 aliphatic carbocycles. The molecule has 156 valence electrons. The summed E-state index contributed by atoms with van der Waals surface area (Å²) in [6.45, 7) is 6.18. The molecule has 9 heteroatoms. The number of ether oxygens (including phenoxy) is 1. The first-order valence-corrected chi connectivity index (χ1v) is 9.70. The summed E-state index contributed by atoms with van der Waals surface area (Å²) in [4.78, 5) is 16.3. The second-order valence-electron chi connectivity index (χ2n) is 8.53. The second-order valence-corrected chi connectivity index (χ2v) is 8.53. The van der Waals surface area contributed by atoms with E-state index in [4.69, 9.17) is 4.74 Å². The van der Waals surface area contributed by atoms with Crippen LogP contribution in [0.2, 0.25) is 0 Å². The molecule has 3 heterocycles. The molecule has 1 amide bonds. The molecule has 4 rings (SSSR count). The van der Waals surface area contributed by atoms with Crippen molar-refractivity contribution in [2.24, 2.45) is 5.92 Å². The number of fused-ring (bicyclic) bond motifs is 3. The van der Waals surface area contributed by atoms with E-state index in [9.17, 15) is 19.6 Å². The first kappa shape index (κ1) is 19.9. The van der Waals surface area contributed by atoms with Gasteiger partial charge in [-0.2, -0.15) is 5.26 Å². The Morgan fingerprint density at radius 1 is 1.33 bits per heavy atom. The maximum absolute atomic E-state index is 13.8. The molecule has 30 heavy (non-hydrogen) atoms. The van der Waals surface area contributed by atoms with Crippen molar-refractivity contribution in [1.29, 1.82) is 5.26 Å². The van der Waals surface area contributed by atoms with Crippen molar-refractivity contribution in [3.8, 4) is 23.1 Å². The summed E-state index contributed by atoms with van der Waals surface area (Å²) in [6.07, 6.45) is 0.0671. The number of rotatable bonds is 1. The molecule has 0 radical (unpaired) electrons. The van der Waals surface area contributed by atoms with Crippen molar-refractivity contribution >= 4 is 17.6 Å². The van der Waals surface area contributed by atoms with Crippen molar-refractivity contribution in [3.05, 3.63) is 30.1 Å². The summed E-state index contributed by atoms with van der Waals surface area (Å²) in [5.41, 5.74) is 0.395. The number of phenolic OH excluding ortho intramolecular Hbond substituents is 1. The molecule has 0 bridgehead atoms. The number of nitrogens with zero attached hydrogens (tertiary/aromatic N) is 5. The van der Waals surface area contributed by atoms with Gasteiger partial charge < -0.3 is 14.7 Å². The average Bonchev–Trinajstić information content (AvgIpc) is 3.11. The molecule has 0 spiro atoms. The van der Waals surface area contributed by atoms with E-state index in [2.05, 4.69) is 16.3 Å². The molecule has 1 aromatic carbocycles. The molecule has 2 aliphatic rings. The zero-order chi connectivity index (χ0) is 21.6. The van der Waals surface area contributed by atoms with Gasteiger partial charge in [0.2, 0.25) is 0 Å². The predicted molar refractivity (Wildman–Crippen MR) is 108 cm³/mol. The van der Waals surface area contributed by atoms with Crippen LogP contribution in [0.3, 0.4) is 0 Å². The number of hydrogen-bond acceptors (Lipinski definition) is 7. The molecule has 1 N–H and O–H groups in total. The molecular weight excluding hydrogens is 389 g/mol. The van der Waals surface area contributed by atoms with Crippen LogP contribution in [0.25, 0.3) is 11.3 Å². The summed E-state index contributed by atoms with van der Waals surface area (Å²) in [5.74, 6) is -1.13. The van der Waals surface area contributed by atoms with Crippen molar-refractivity contribution in [1.82, 2.24) is 10.2 Å². The number of carbonyl (C=O) groups excluding carboxylic acids is 1. The maximum atomic E-state index is 13.8. The molecule has 1 saturated heterocycles. The Morgan fingerprint density at radius 3 is 2.80 bits per heavy atom. The van der Waals surface area contributed by atoms with E-state index in [1.165, 1.54) is 11.0 Å². The summed E-state index contributed by atoms with van der Waals surface area (Å²) >= 11 is 0. The minimum Gasteiger partial charge on any atom is -0.504 e. The number of para-hydroxylation sites is 1. The lowest BCUT2D eigenvalue weighted by Gasteiger charge is -2.39. The van der Waals surface area contributed by atoms with Gasteiger partial charge in [-0.15, -0.1) is 10.2 Å². The lowest BCUT2D eigenvalue weighted by molar-refractivity contribution is 0.0575. The van der Waals surface area contributed by atoms with E-state index in [0.717, 1.165) is 6.07 Å². The number of halogens is 1. The van der Waals surface area contributed by atoms with E-state index < -0.39 is 23.3 Å². The molecule has 8 nitrogen and oxygen atoms in total. The van der Waals surface area contributed by atoms with Crippen LogP contribution < -0.4 is 9.80 Å². The summed E-state index contributed by atoms with van der Waals surface area (Å²) in [6, 6.07) is 8.06. The minimum atomic E-state index is -0.758. The van der Waals surface area contributed by atoms with Gasteiger partial charge in [-0.05, 0) is 45.4 Å². The molecule has 2 aromatic rings. The molecule has 1 aromatic heterocycles. The van der Waals surface area contributed by atoms with Crippen LogP contribution in [-0.2, 0) is 4.74 Å². The lowest BCUT2D eigenvalue weighted by atomic mass is 10.1. The molecule has 2 atom stereocenters. The smallest absolute Gasteiger partial charge is 0.416 e. The van der Waals surface area contributed by atoms with Crippen molar-refractivity contribution in [2.75, 3.05) is 22.9 Å². The Labute approximate surface area is 173 Å². The Hall–Kier alpha value is -3.41. The van der Waals surface area contributed by atoms with E-state index in [0.29, 0.717) is 31.0 Å². The van der Waals surface area contributed by atoms with Crippen molar-refractivity contribution in [3.63, 3.8) is 0 Å². The van der Waals surface area contributed by atoms with Crippen LogP contribution in [0.15, 0.2) is 24.3 Å². The van der Waals surface area contributed by atoms with Crippen molar-refractivity contribution in [2.45, 2.75) is 38.8 Å². The zero-order valence-electron chi connectivity index (χ0n) is 17.0. The second kappa shape index (κ2) is 7.13. The van der Waals surface area contributed by atoms with Gasteiger partial charge in [-0.3, -0.25) is 4.90 Å². The number of anilines is 2. The Bertz CT molecular complexity index is 1050. The molecule has 1 fully saturated rings. The quantitative estimate of drug-likeness (QED) is 0.766. The first-order valence-electron chi connectivity index (χ1n) is 9.70. The van der Waals surface area contributed by atoms with Gasteiger partial charge >= 0.3 is 6.09 Å². The number of phenols is 1. The highest BCUT2D eigenvalue weighted by molar-refractivity contribution is 5.93. The van der Waals surface area contributed by atoms with E-state index in [1.807, 2.05) is 4.90 Å². The van der Waals surface area contributed by atoms with Crippen LogP contribution >= 0.6 is 0 Å². The van der Waals surface area contributed by atoms with Gasteiger partial charge in [0.25, 0.3) is 0 Å². The van der Waals surface area contributed by atoms with Gasteiger partial charge in [-0.25, -0.2) is 9.18 Å². The number of benzene rings is 1. The molecule has 0 unspecified atom stereocenters. The minimum absolute atomic E-state index is 0.0761. The Balaban J connectivity index is 1.79. The van der Waals surface area contributed by atoms with Gasteiger partial charge in [0, 0.05) is 18.2 Å². The van der Waals surface area contributed by atoms with Gasteiger partial charge in [-0.1, -0.05) is 6.07 Å². The predicted octanol–water partition coefficient (Wildman–Crippen LogP) is 3.46. The lowest BCUT2D eigenvalue weighted by Crippen LogP contribution is -2.50. The number of aromatic nitrogens is 2. The molecular formula is C21H22FN5O3. The monoisotopic (exact) mass is 411 g/mol. The van der Waals surface area contributed by atoms with Gasteiger partial charge in [0.15, 0.2) is 17.4 Å². The van der Waals surface area contributed by atoms with E-state index >= 15 is 0 Å². The maximum Gasteiger partial charge on any atom is 0.416 e. The largest absolute Gasteiger partial charge is 0.504 e. The summed E-state index contributed by atoms with van der Waals surface area (Å²) < 4.78 is 19.4. The third-order valence-corrected chi connectivity index (χ3v) is 5.19.